The lowest BCUT2D eigenvalue weighted by Gasteiger charge is -2.15. The standard InChI is InChI=1S/C27H17F2N3O5/c28-16-9-10-25(22(29)11-16)37-19-13-17(12-18(14-19)32(35)36)30-26(33)15-31-23-7-3-1-5-20(23)27(34)21-6-2-4-8-24(21)31/h1-14H,15H2,(H,30,33). The third kappa shape index (κ3) is 4.72. The summed E-state index contributed by atoms with van der Waals surface area (Å²) in [6.45, 7) is -0.202. The second kappa shape index (κ2) is 9.50. The van der Waals surface area contributed by atoms with Gasteiger partial charge in [0.1, 0.15) is 18.1 Å². The number of pyridine rings is 1. The Hall–Kier alpha value is -5.12. The number of aromatic nitrogens is 1. The lowest BCUT2D eigenvalue weighted by molar-refractivity contribution is -0.384. The number of amides is 1. The molecule has 0 bridgehead atoms. The van der Waals surface area contributed by atoms with Crippen LogP contribution in [0.3, 0.4) is 0 Å². The van der Waals surface area contributed by atoms with Gasteiger partial charge in [-0.05, 0) is 36.4 Å². The number of fused-ring (bicyclic) bond motifs is 2. The first-order valence-electron chi connectivity index (χ1n) is 11.0. The number of nitrogens with one attached hydrogen (secondary N) is 1. The van der Waals surface area contributed by atoms with Gasteiger partial charge >= 0.3 is 0 Å². The van der Waals surface area contributed by atoms with Gasteiger partial charge in [0.05, 0.1) is 27.7 Å². The van der Waals surface area contributed by atoms with E-state index in [2.05, 4.69) is 5.32 Å². The Morgan fingerprint density at radius 3 is 2.19 bits per heavy atom. The second-order valence-corrected chi connectivity index (χ2v) is 8.15. The summed E-state index contributed by atoms with van der Waals surface area (Å²) < 4.78 is 34.3. The third-order valence-electron chi connectivity index (χ3n) is 5.69. The van der Waals surface area contributed by atoms with Gasteiger partial charge in [-0.15, -0.1) is 0 Å². The predicted molar refractivity (Wildman–Crippen MR) is 134 cm³/mol. The number of nitro groups is 1. The highest BCUT2D eigenvalue weighted by Crippen LogP contribution is 2.31. The molecular formula is C27H17F2N3O5. The molecule has 0 fully saturated rings. The zero-order valence-corrected chi connectivity index (χ0v) is 19.0. The summed E-state index contributed by atoms with van der Waals surface area (Å²) in [5.41, 5.74) is 0.574. The molecule has 4 aromatic carbocycles. The van der Waals surface area contributed by atoms with Crippen molar-refractivity contribution in [3.63, 3.8) is 0 Å². The molecule has 0 aliphatic carbocycles. The van der Waals surface area contributed by atoms with Crippen LogP contribution in [0.1, 0.15) is 0 Å². The van der Waals surface area contributed by atoms with Crippen LogP contribution in [0.15, 0.2) is 89.7 Å². The summed E-state index contributed by atoms with van der Waals surface area (Å²) in [7, 11) is 0. The van der Waals surface area contributed by atoms with Gasteiger partial charge in [-0.3, -0.25) is 19.7 Å². The Morgan fingerprint density at radius 1 is 0.919 bits per heavy atom. The first-order valence-corrected chi connectivity index (χ1v) is 11.0. The summed E-state index contributed by atoms with van der Waals surface area (Å²) in [4.78, 5) is 36.7. The minimum Gasteiger partial charge on any atom is -0.454 e. The Morgan fingerprint density at radius 2 is 1.57 bits per heavy atom. The van der Waals surface area contributed by atoms with Crippen LogP contribution in [-0.2, 0) is 11.3 Å². The Labute approximate surface area is 207 Å². The van der Waals surface area contributed by atoms with Crippen LogP contribution in [0.25, 0.3) is 21.8 Å². The number of ether oxygens (including phenoxy) is 1. The number of benzene rings is 4. The SMILES string of the molecule is O=C(Cn1c2ccccc2c(=O)c2ccccc21)Nc1cc(Oc2ccc(F)cc2F)cc([N+](=O)[O-])c1. The summed E-state index contributed by atoms with van der Waals surface area (Å²) in [5, 5.41) is 14.9. The Kier molecular flexibility index (Phi) is 6.06. The lowest BCUT2D eigenvalue weighted by Crippen LogP contribution is -2.21. The van der Waals surface area contributed by atoms with Crippen LogP contribution in [-0.4, -0.2) is 15.4 Å². The number of non-ortho nitro benzene ring substituents is 1. The molecule has 5 rings (SSSR count). The van der Waals surface area contributed by atoms with Gasteiger partial charge < -0.3 is 14.6 Å². The lowest BCUT2D eigenvalue weighted by atomic mass is 10.1. The van der Waals surface area contributed by atoms with E-state index in [9.17, 15) is 28.5 Å². The predicted octanol–water partition coefficient (Wildman–Crippen LogP) is 5.77. The fourth-order valence-electron chi connectivity index (χ4n) is 4.10. The van der Waals surface area contributed by atoms with E-state index in [0.29, 0.717) is 27.9 Å². The van der Waals surface area contributed by atoms with Crippen LogP contribution in [0.5, 0.6) is 11.5 Å². The molecule has 1 amide bonds. The number of nitro benzene ring substituents is 1. The van der Waals surface area contributed by atoms with E-state index in [0.717, 1.165) is 24.3 Å². The van der Waals surface area contributed by atoms with E-state index in [1.807, 2.05) is 0 Å². The number of carbonyl (C=O) groups excluding carboxylic acids is 1. The molecule has 0 radical (unpaired) electrons. The van der Waals surface area contributed by atoms with Crippen LogP contribution < -0.4 is 15.5 Å². The number of rotatable bonds is 6. The third-order valence-corrected chi connectivity index (χ3v) is 5.69. The Bertz CT molecular complexity index is 1710. The molecule has 10 heteroatoms. The molecule has 1 heterocycles. The van der Waals surface area contributed by atoms with Crippen molar-refractivity contribution in [2.24, 2.45) is 0 Å². The molecule has 0 saturated heterocycles. The molecule has 0 unspecified atom stereocenters. The first kappa shape index (κ1) is 23.6. The summed E-state index contributed by atoms with van der Waals surface area (Å²) in [5.74, 6) is -2.80. The molecule has 5 aromatic rings. The number of halogens is 2. The monoisotopic (exact) mass is 501 g/mol. The fraction of sp³-hybridized carbons (Fsp3) is 0.0370. The molecule has 37 heavy (non-hydrogen) atoms. The van der Waals surface area contributed by atoms with Gasteiger partial charge in [0.15, 0.2) is 17.0 Å². The number of anilines is 1. The van der Waals surface area contributed by atoms with Gasteiger partial charge in [0.25, 0.3) is 5.69 Å². The highest BCUT2D eigenvalue weighted by atomic mass is 19.1. The number of carbonyl (C=O) groups is 1. The molecule has 1 N–H and O–H groups in total. The second-order valence-electron chi connectivity index (χ2n) is 8.15. The molecule has 0 saturated carbocycles. The zero-order valence-electron chi connectivity index (χ0n) is 19.0. The minimum absolute atomic E-state index is 0.0337. The summed E-state index contributed by atoms with van der Waals surface area (Å²) in [6.07, 6.45) is 0. The number of hydrogen-bond donors (Lipinski definition) is 1. The van der Waals surface area contributed by atoms with E-state index in [1.165, 1.54) is 6.07 Å². The summed E-state index contributed by atoms with van der Waals surface area (Å²) in [6, 6.07) is 19.9. The average Bonchev–Trinajstić information content (AvgIpc) is 2.88. The van der Waals surface area contributed by atoms with Crippen LogP contribution in [0.4, 0.5) is 20.2 Å². The maximum atomic E-state index is 14.0. The van der Waals surface area contributed by atoms with E-state index < -0.39 is 28.2 Å². The fourth-order valence-corrected chi connectivity index (χ4v) is 4.10. The van der Waals surface area contributed by atoms with Crippen LogP contribution in [0.2, 0.25) is 0 Å². The molecule has 8 nitrogen and oxygen atoms in total. The molecule has 0 spiro atoms. The zero-order chi connectivity index (χ0) is 26.1. The van der Waals surface area contributed by atoms with Gasteiger partial charge in [0.2, 0.25) is 5.91 Å². The van der Waals surface area contributed by atoms with Gasteiger partial charge in [0, 0.05) is 29.0 Å². The average molecular weight is 501 g/mol. The van der Waals surface area contributed by atoms with Crippen molar-refractivity contribution >= 4 is 39.1 Å². The largest absolute Gasteiger partial charge is 0.454 e. The topological polar surface area (TPSA) is 103 Å². The smallest absolute Gasteiger partial charge is 0.275 e. The maximum absolute atomic E-state index is 14.0. The van der Waals surface area contributed by atoms with Gasteiger partial charge in [-0.25, -0.2) is 8.78 Å². The van der Waals surface area contributed by atoms with Gasteiger partial charge in [-0.1, -0.05) is 24.3 Å². The normalized spacial score (nSPS) is 11.0. The van der Waals surface area contributed by atoms with Crippen molar-refractivity contribution < 1.29 is 23.2 Å². The van der Waals surface area contributed by atoms with E-state index in [4.69, 9.17) is 4.74 Å². The molecule has 184 valence electrons. The number of hydrogen-bond acceptors (Lipinski definition) is 5. The molecule has 0 aliphatic rings. The minimum atomic E-state index is -0.992. The van der Waals surface area contributed by atoms with E-state index in [1.54, 1.807) is 53.1 Å². The van der Waals surface area contributed by atoms with Crippen molar-refractivity contribution in [2.45, 2.75) is 6.54 Å². The first-order chi connectivity index (χ1) is 17.8. The molecule has 0 aliphatic heterocycles. The molecular weight excluding hydrogens is 484 g/mol. The van der Waals surface area contributed by atoms with Crippen molar-refractivity contribution in [2.75, 3.05) is 5.32 Å². The quantitative estimate of drug-likeness (QED) is 0.181. The van der Waals surface area contributed by atoms with Crippen molar-refractivity contribution in [1.82, 2.24) is 4.57 Å². The van der Waals surface area contributed by atoms with Crippen LogP contribution in [0, 0.1) is 21.7 Å². The van der Waals surface area contributed by atoms with Gasteiger partial charge in [-0.2, -0.15) is 0 Å². The van der Waals surface area contributed by atoms with Crippen molar-refractivity contribution in [3.8, 4) is 11.5 Å². The number of nitrogens with zero attached hydrogens (tertiary/aromatic N) is 2. The van der Waals surface area contributed by atoms with E-state index >= 15 is 0 Å². The number of para-hydroxylation sites is 2. The van der Waals surface area contributed by atoms with Crippen molar-refractivity contribution in [3.05, 3.63) is 117 Å². The highest BCUT2D eigenvalue weighted by molar-refractivity contribution is 5.97. The highest BCUT2D eigenvalue weighted by Gasteiger charge is 2.17. The summed E-state index contributed by atoms with van der Waals surface area (Å²) >= 11 is 0. The van der Waals surface area contributed by atoms with Crippen LogP contribution >= 0.6 is 0 Å². The molecule has 1 aromatic heterocycles. The van der Waals surface area contributed by atoms with Crippen molar-refractivity contribution in [1.29, 1.82) is 0 Å². The molecule has 0 atom stereocenters. The Balaban J connectivity index is 1.49. The van der Waals surface area contributed by atoms with E-state index in [-0.39, 0.29) is 29.2 Å². The maximum Gasteiger partial charge on any atom is 0.275 e.